The molecule has 0 heterocycles. The molecule has 0 aliphatic carbocycles. The predicted molar refractivity (Wildman–Crippen MR) is 325 cm³/mol. The van der Waals surface area contributed by atoms with Crippen LogP contribution in [-0.2, 0) is 28.6 Å². The van der Waals surface area contributed by atoms with Crippen LogP contribution in [0, 0.1) is 0 Å². The van der Waals surface area contributed by atoms with Crippen molar-refractivity contribution in [3.63, 3.8) is 0 Å². The van der Waals surface area contributed by atoms with Crippen molar-refractivity contribution in [3.05, 3.63) is 134 Å². The van der Waals surface area contributed by atoms with Crippen molar-refractivity contribution < 1.29 is 28.6 Å². The molecule has 0 radical (unpaired) electrons. The first kappa shape index (κ1) is 70.5. The molecule has 0 aromatic carbocycles. The van der Waals surface area contributed by atoms with Gasteiger partial charge in [-0.3, -0.25) is 14.4 Å². The van der Waals surface area contributed by atoms with Crippen molar-refractivity contribution >= 4 is 17.9 Å². The summed E-state index contributed by atoms with van der Waals surface area (Å²) in [6, 6.07) is 0. The molecule has 75 heavy (non-hydrogen) atoms. The molecule has 0 N–H and O–H groups in total. The van der Waals surface area contributed by atoms with E-state index >= 15 is 0 Å². The number of rotatable bonds is 54. The molecule has 0 aromatic rings. The summed E-state index contributed by atoms with van der Waals surface area (Å²) in [5.41, 5.74) is 0. The zero-order chi connectivity index (χ0) is 54.3. The van der Waals surface area contributed by atoms with Gasteiger partial charge in [-0.1, -0.05) is 251 Å². The minimum Gasteiger partial charge on any atom is -0.462 e. The lowest BCUT2D eigenvalue weighted by molar-refractivity contribution is -0.167. The van der Waals surface area contributed by atoms with Crippen LogP contribution in [0.4, 0.5) is 0 Å². The van der Waals surface area contributed by atoms with E-state index in [1.54, 1.807) is 0 Å². The number of ether oxygens (including phenoxy) is 3. The molecule has 0 fully saturated rings. The van der Waals surface area contributed by atoms with Crippen LogP contribution in [0.1, 0.15) is 265 Å². The molecule has 0 spiro atoms. The fourth-order valence-electron chi connectivity index (χ4n) is 8.15. The van der Waals surface area contributed by atoms with Crippen LogP contribution < -0.4 is 0 Å². The number of unbranched alkanes of at least 4 members (excludes halogenated alkanes) is 21. The third kappa shape index (κ3) is 60.3. The summed E-state index contributed by atoms with van der Waals surface area (Å²) < 4.78 is 16.9. The van der Waals surface area contributed by atoms with Gasteiger partial charge in [0.1, 0.15) is 13.2 Å². The second-order valence-corrected chi connectivity index (χ2v) is 19.8. The minimum absolute atomic E-state index is 0.0954. The van der Waals surface area contributed by atoms with E-state index in [2.05, 4.69) is 154 Å². The van der Waals surface area contributed by atoms with Crippen LogP contribution in [0.25, 0.3) is 0 Å². The Morgan fingerprint density at radius 3 is 0.747 bits per heavy atom. The highest BCUT2D eigenvalue weighted by Crippen LogP contribution is 2.15. The van der Waals surface area contributed by atoms with Gasteiger partial charge in [-0.2, -0.15) is 0 Å². The Hall–Kier alpha value is -4.45. The molecule has 0 saturated heterocycles. The van der Waals surface area contributed by atoms with Crippen molar-refractivity contribution in [2.45, 2.75) is 271 Å². The van der Waals surface area contributed by atoms with E-state index in [1.807, 2.05) is 0 Å². The second kappa shape index (κ2) is 62.1. The molecule has 6 heteroatoms. The SMILES string of the molecule is CC/C=C\C/C=C\C/C=C\C/C=C\CCCCCCCCCCC(=O)OCC(COC(=O)CCCCCCCCC/C=C\C/C=C\C/C=C\CC)OC(=O)CCCCCCCC/C=C\C/C=C\C/C=C\C/C=C\CC. The summed E-state index contributed by atoms with van der Waals surface area (Å²) in [6.45, 7) is 6.28. The molecular weight excluding hydrogens is 925 g/mol. The summed E-state index contributed by atoms with van der Waals surface area (Å²) >= 11 is 0. The van der Waals surface area contributed by atoms with Gasteiger partial charge in [0, 0.05) is 19.3 Å². The fraction of sp³-hybridized carbons (Fsp3) is 0.638. The van der Waals surface area contributed by atoms with Gasteiger partial charge in [0.05, 0.1) is 0 Å². The standard InChI is InChI=1S/C69H112O6/c1-4-7-10-13-16-19-22-25-28-31-33-34-36-38-41-44-47-50-53-56-59-62-68(71)74-65-66(64-73-67(70)61-58-55-52-49-46-43-40-37-30-27-24-21-18-15-12-9-6-3)75-69(72)63-60-57-54-51-48-45-42-39-35-32-29-26-23-20-17-14-11-8-5-2/h7-12,16-21,25-30,33-35,39,66H,4-6,13-15,22-24,31-32,36-38,40-65H2,1-3H3/b10-7-,11-8-,12-9-,19-16-,20-17-,21-18-,28-25-,29-26-,30-27-,34-33-,39-35-. The summed E-state index contributed by atoms with van der Waals surface area (Å²) in [7, 11) is 0. The number of allylic oxidation sites excluding steroid dienone is 22. The molecule has 6 nitrogen and oxygen atoms in total. The third-order valence-corrected chi connectivity index (χ3v) is 12.6. The lowest BCUT2D eigenvalue weighted by atomic mass is 10.1. The lowest BCUT2D eigenvalue weighted by Gasteiger charge is -2.18. The largest absolute Gasteiger partial charge is 0.462 e. The summed E-state index contributed by atoms with van der Waals surface area (Å²) in [6.07, 6.45) is 87.2. The summed E-state index contributed by atoms with van der Waals surface area (Å²) in [5.74, 6) is -0.926. The van der Waals surface area contributed by atoms with Gasteiger partial charge in [-0.05, 0) is 128 Å². The van der Waals surface area contributed by atoms with Crippen molar-refractivity contribution in [1.82, 2.24) is 0 Å². The van der Waals surface area contributed by atoms with E-state index in [0.717, 1.165) is 154 Å². The third-order valence-electron chi connectivity index (χ3n) is 12.6. The first-order valence-electron chi connectivity index (χ1n) is 30.7. The molecular formula is C69H112O6. The lowest BCUT2D eigenvalue weighted by Crippen LogP contribution is -2.30. The number of carbonyl (C=O) groups is 3. The first-order valence-corrected chi connectivity index (χ1v) is 30.7. The Labute approximate surface area is 462 Å². The molecule has 1 atom stereocenters. The Morgan fingerprint density at radius 1 is 0.267 bits per heavy atom. The van der Waals surface area contributed by atoms with Gasteiger partial charge in [-0.25, -0.2) is 0 Å². The smallest absolute Gasteiger partial charge is 0.306 e. The molecule has 0 aliphatic rings. The van der Waals surface area contributed by atoms with E-state index in [0.29, 0.717) is 19.3 Å². The minimum atomic E-state index is -0.800. The number of hydrogen-bond acceptors (Lipinski definition) is 6. The molecule has 1 unspecified atom stereocenters. The maximum atomic E-state index is 12.9. The average Bonchev–Trinajstić information content (AvgIpc) is 3.41. The van der Waals surface area contributed by atoms with Crippen LogP contribution in [0.2, 0.25) is 0 Å². The van der Waals surface area contributed by atoms with Crippen molar-refractivity contribution in [1.29, 1.82) is 0 Å². The van der Waals surface area contributed by atoms with Gasteiger partial charge in [0.2, 0.25) is 0 Å². The van der Waals surface area contributed by atoms with E-state index in [-0.39, 0.29) is 31.1 Å². The molecule has 424 valence electrons. The van der Waals surface area contributed by atoms with Crippen LogP contribution in [0.15, 0.2) is 134 Å². The Balaban J connectivity index is 4.46. The van der Waals surface area contributed by atoms with Crippen LogP contribution in [-0.4, -0.2) is 37.2 Å². The Morgan fingerprint density at radius 2 is 0.480 bits per heavy atom. The molecule has 0 amide bonds. The number of hydrogen-bond donors (Lipinski definition) is 0. The van der Waals surface area contributed by atoms with E-state index in [9.17, 15) is 14.4 Å². The topological polar surface area (TPSA) is 78.9 Å². The van der Waals surface area contributed by atoms with Gasteiger partial charge in [0.15, 0.2) is 6.10 Å². The fourth-order valence-corrected chi connectivity index (χ4v) is 8.15. The van der Waals surface area contributed by atoms with Crippen LogP contribution in [0.3, 0.4) is 0 Å². The zero-order valence-electron chi connectivity index (χ0n) is 48.5. The number of esters is 3. The summed E-state index contributed by atoms with van der Waals surface area (Å²) in [4.78, 5) is 38.3. The highest BCUT2D eigenvalue weighted by molar-refractivity contribution is 5.71. The molecule has 0 aliphatic heterocycles. The quantitative estimate of drug-likeness (QED) is 0.0261. The Bertz CT molecular complexity index is 1620. The van der Waals surface area contributed by atoms with Gasteiger partial charge in [-0.15, -0.1) is 0 Å². The monoisotopic (exact) mass is 1040 g/mol. The molecule has 0 bridgehead atoms. The number of carbonyl (C=O) groups excluding carboxylic acids is 3. The van der Waals surface area contributed by atoms with E-state index < -0.39 is 6.10 Å². The summed E-state index contributed by atoms with van der Waals surface area (Å²) in [5, 5.41) is 0. The highest BCUT2D eigenvalue weighted by Gasteiger charge is 2.19. The van der Waals surface area contributed by atoms with E-state index in [4.69, 9.17) is 14.2 Å². The van der Waals surface area contributed by atoms with Crippen LogP contribution >= 0.6 is 0 Å². The second-order valence-electron chi connectivity index (χ2n) is 19.8. The van der Waals surface area contributed by atoms with Crippen LogP contribution in [0.5, 0.6) is 0 Å². The predicted octanol–water partition coefficient (Wildman–Crippen LogP) is 21.0. The first-order chi connectivity index (χ1) is 37.0. The van der Waals surface area contributed by atoms with Gasteiger partial charge in [0.25, 0.3) is 0 Å². The Kier molecular flexibility index (Phi) is 58.4. The maximum absolute atomic E-state index is 12.9. The molecule has 0 rings (SSSR count). The van der Waals surface area contributed by atoms with Crippen molar-refractivity contribution in [2.24, 2.45) is 0 Å². The van der Waals surface area contributed by atoms with E-state index in [1.165, 1.54) is 70.6 Å². The highest BCUT2D eigenvalue weighted by atomic mass is 16.6. The van der Waals surface area contributed by atoms with Gasteiger partial charge < -0.3 is 14.2 Å². The van der Waals surface area contributed by atoms with Crippen molar-refractivity contribution in [2.75, 3.05) is 13.2 Å². The average molecular weight is 1040 g/mol. The van der Waals surface area contributed by atoms with Gasteiger partial charge >= 0.3 is 17.9 Å². The zero-order valence-corrected chi connectivity index (χ0v) is 48.5. The normalized spacial score (nSPS) is 13.1. The molecule has 0 saturated carbocycles. The molecule has 0 aromatic heterocycles. The maximum Gasteiger partial charge on any atom is 0.306 e. The van der Waals surface area contributed by atoms with Crippen molar-refractivity contribution in [3.8, 4) is 0 Å².